The van der Waals surface area contributed by atoms with Crippen molar-refractivity contribution in [1.29, 1.82) is 0 Å². The van der Waals surface area contributed by atoms with E-state index >= 15 is 0 Å². The van der Waals surface area contributed by atoms with Crippen molar-refractivity contribution >= 4 is 10.0 Å². The summed E-state index contributed by atoms with van der Waals surface area (Å²) < 4.78 is 62.5. The highest BCUT2D eigenvalue weighted by Crippen LogP contribution is 2.22. The van der Waals surface area contributed by atoms with Crippen LogP contribution in [0.5, 0.6) is 0 Å². The van der Waals surface area contributed by atoms with E-state index in [1.807, 2.05) is 6.92 Å². The molecule has 1 aromatic rings. The Kier molecular flexibility index (Phi) is 5.77. The third kappa shape index (κ3) is 5.29. The van der Waals surface area contributed by atoms with Gasteiger partial charge in [0.1, 0.15) is 0 Å². The van der Waals surface area contributed by atoms with E-state index in [0.717, 1.165) is 5.56 Å². The van der Waals surface area contributed by atoms with Crippen molar-refractivity contribution in [1.82, 2.24) is 4.72 Å². The summed E-state index contributed by atoms with van der Waals surface area (Å²) in [7, 11) is -3.83. The second-order valence-electron chi connectivity index (χ2n) is 4.86. The van der Waals surface area contributed by atoms with Crippen molar-refractivity contribution in [2.24, 2.45) is 5.73 Å². The highest BCUT2D eigenvalue weighted by atomic mass is 32.2. The molecule has 4 nitrogen and oxygen atoms in total. The molecule has 0 bridgehead atoms. The Morgan fingerprint density at radius 1 is 1.19 bits per heavy atom. The molecule has 1 rings (SSSR count). The van der Waals surface area contributed by atoms with Gasteiger partial charge in [-0.1, -0.05) is 6.07 Å². The van der Waals surface area contributed by atoms with Crippen molar-refractivity contribution in [3.63, 3.8) is 0 Å². The fourth-order valence-corrected chi connectivity index (χ4v) is 3.31. The monoisotopic (exact) mass is 324 g/mol. The van der Waals surface area contributed by atoms with Crippen LogP contribution in [0, 0.1) is 13.8 Å². The molecule has 0 saturated carbocycles. The Hall–Kier alpha value is -1.12. The number of sulfonamides is 1. The van der Waals surface area contributed by atoms with E-state index in [1.54, 1.807) is 13.0 Å². The molecule has 120 valence electrons. The van der Waals surface area contributed by atoms with Crippen molar-refractivity contribution in [2.45, 2.75) is 44.3 Å². The zero-order chi connectivity index (χ0) is 16.3. The van der Waals surface area contributed by atoms with Gasteiger partial charge in [-0.25, -0.2) is 13.1 Å². The SMILES string of the molecule is Cc1cc(C)c(S(=O)(=O)NCCCC(F)(F)F)cc1CN. The predicted molar refractivity (Wildman–Crippen MR) is 74.3 cm³/mol. The van der Waals surface area contributed by atoms with Gasteiger partial charge in [-0.2, -0.15) is 13.2 Å². The Labute approximate surface area is 122 Å². The first-order valence-corrected chi connectivity index (χ1v) is 7.92. The molecule has 0 saturated heterocycles. The summed E-state index contributed by atoms with van der Waals surface area (Å²) in [5.74, 6) is 0. The lowest BCUT2D eigenvalue weighted by Crippen LogP contribution is -2.26. The zero-order valence-corrected chi connectivity index (χ0v) is 12.7. The Bertz CT molecular complexity index is 598. The van der Waals surface area contributed by atoms with Crippen molar-refractivity contribution in [2.75, 3.05) is 6.54 Å². The van der Waals surface area contributed by atoms with E-state index in [9.17, 15) is 21.6 Å². The number of nitrogens with two attached hydrogens (primary N) is 1. The first-order valence-electron chi connectivity index (χ1n) is 6.43. The van der Waals surface area contributed by atoms with E-state index < -0.39 is 22.6 Å². The molecule has 1 aromatic carbocycles. The fraction of sp³-hybridized carbons (Fsp3) is 0.538. The molecule has 0 spiro atoms. The predicted octanol–water partition coefficient (Wildman–Crippen LogP) is 2.38. The lowest BCUT2D eigenvalue weighted by atomic mass is 10.1. The second kappa shape index (κ2) is 6.76. The maximum atomic E-state index is 12.1. The van der Waals surface area contributed by atoms with E-state index in [1.165, 1.54) is 6.07 Å². The van der Waals surface area contributed by atoms with Crippen LogP contribution in [0.25, 0.3) is 0 Å². The standard InChI is InChI=1S/C13H19F3N2O2S/c1-9-6-10(2)12(7-11(9)8-17)21(19,20)18-5-3-4-13(14,15)16/h6-7,18H,3-5,8,17H2,1-2H3. The van der Waals surface area contributed by atoms with Crippen molar-refractivity contribution in [3.8, 4) is 0 Å². The topological polar surface area (TPSA) is 72.2 Å². The number of hydrogen-bond donors (Lipinski definition) is 2. The Morgan fingerprint density at radius 2 is 1.81 bits per heavy atom. The van der Waals surface area contributed by atoms with Crippen LogP contribution < -0.4 is 10.5 Å². The molecular weight excluding hydrogens is 305 g/mol. The smallest absolute Gasteiger partial charge is 0.326 e. The second-order valence-corrected chi connectivity index (χ2v) is 6.60. The molecule has 0 amide bonds. The van der Waals surface area contributed by atoms with Gasteiger partial charge in [0.15, 0.2) is 0 Å². The fourth-order valence-electron chi connectivity index (χ4n) is 1.96. The van der Waals surface area contributed by atoms with Gasteiger partial charge in [0.2, 0.25) is 10.0 Å². The lowest BCUT2D eigenvalue weighted by Gasteiger charge is -2.13. The zero-order valence-electron chi connectivity index (χ0n) is 11.9. The number of rotatable bonds is 6. The molecule has 0 aliphatic carbocycles. The van der Waals surface area contributed by atoms with Gasteiger partial charge < -0.3 is 5.73 Å². The van der Waals surface area contributed by atoms with Crippen molar-refractivity contribution in [3.05, 3.63) is 28.8 Å². The van der Waals surface area contributed by atoms with Crippen LogP contribution in [-0.4, -0.2) is 21.1 Å². The molecule has 0 atom stereocenters. The van der Waals surface area contributed by atoms with Gasteiger partial charge in [0.05, 0.1) is 4.90 Å². The molecule has 0 aliphatic rings. The normalized spacial score (nSPS) is 12.7. The van der Waals surface area contributed by atoms with E-state index in [2.05, 4.69) is 4.72 Å². The maximum Gasteiger partial charge on any atom is 0.389 e. The Balaban J connectivity index is 2.84. The molecular formula is C13H19F3N2O2S. The van der Waals surface area contributed by atoms with Gasteiger partial charge in [-0.15, -0.1) is 0 Å². The molecule has 0 aliphatic heterocycles. The van der Waals surface area contributed by atoms with Crippen LogP contribution in [-0.2, 0) is 16.6 Å². The summed E-state index contributed by atoms with van der Waals surface area (Å²) >= 11 is 0. The summed E-state index contributed by atoms with van der Waals surface area (Å²) in [6.07, 6.45) is -5.59. The minimum Gasteiger partial charge on any atom is -0.326 e. The average Bonchev–Trinajstić information content (AvgIpc) is 2.33. The summed E-state index contributed by atoms with van der Waals surface area (Å²) in [5, 5.41) is 0. The number of aryl methyl sites for hydroxylation is 2. The van der Waals surface area contributed by atoms with Gasteiger partial charge in [-0.05, 0) is 43.0 Å². The van der Waals surface area contributed by atoms with E-state index in [-0.39, 0.29) is 24.4 Å². The summed E-state index contributed by atoms with van der Waals surface area (Å²) in [5.41, 5.74) is 7.65. The van der Waals surface area contributed by atoms with Gasteiger partial charge in [-0.3, -0.25) is 0 Å². The van der Waals surface area contributed by atoms with E-state index in [0.29, 0.717) is 11.1 Å². The van der Waals surface area contributed by atoms with E-state index in [4.69, 9.17) is 5.73 Å². The third-order valence-electron chi connectivity index (χ3n) is 3.07. The summed E-state index contributed by atoms with van der Waals surface area (Å²) in [6.45, 7) is 3.40. The highest BCUT2D eigenvalue weighted by molar-refractivity contribution is 7.89. The van der Waals surface area contributed by atoms with Gasteiger partial charge >= 0.3 is 6.18 Å². The quantitative estimate of drug-likeness (QED) is 0.789. The first kappa shape index (κ1) is 17.9. The molecule has 0 aromatic heterocycles. The number of alkyl halides is 3. The number of benzene rings is 1. The minimum atomic E-state index is -4.28. The largest absolute Gasteiger partial charge is 0.389 e. The average molecular weight is 324 g/mol. The molecule has 0 fully saturated rings. The molecule has 8 heteroatoms. The van der Waals surface area contributed by atoms with Crippen molar-refractivity contribution < 1.29 is 21.6 Å². The van der Waals surface area contributed by atoms with Crippen LogP contribution >= 0.6 is 0 Å². The molecule has 3 N–H and O–H groups in total. The van der Waals surface area contributed by atoms with Crippen LogP contribution in [0.2, 0.25) is 0 Å². The number of halogens is 3. The third-order valence-corrected chi connectivity index (χ3v) is 4.68. The molecule has 0 radical (unpaired) electrons. The summed E-state index contributed by atoms with van der Waals surface area (Å²) in [6, 6.07) is 3.17. The first-order chi connectivity index (χ1) is 9.57. The van der Waals surface area contributed by atoms with Crippen LogP contribution in [0.4, 0.5) is 13.2 Å². The lowest BCUT2D eigenvalue weighted by molar-refractivity contribution is -0.135. The molecule has 21 heavy (non-hydrogen) atoms. The molecule has 0 unspecified atom stereocenters. The highest BCUT2D eigenvalue weighted by Gasteiger charge is 2.26. The van der Waals surface area contributed by atoms with Gasteiger partial charge in [0, 0.05) is 19.5 Å². The minimum absolute atomic E-state index is 0.0561. The van der Waals surface area contributed by atoms with Crippen LogP contribution in [0.15, 0.2) is 17.0 Å². The number of hydrogen-bond acceptors (Lipinski definition) is 3. The van der Waals surface area contributed by atoms with Crippen LogP contribution in [0.1, 0.15) is 29.5 Å². The number of nitrogens with one attached hydrogen (secondary N) is 1. The summed E-state index contributed by atoms with van der Waals surface area (Å²) in [4.78, 5) is 0.0561. The maximum absolute atomic E-state index is 12.1. The molecule has 0 heterocycles. The Morgan fingerprint density at radius 3 is 2.33 bits per heavy atom. The van der Waals surface area contributed by atoms with Gasteiger partial charge in [0.25, 0.3) is 0 Å². The van der Waals surface area contributed by atoms with Crippen LogP contribution in [0.3, 0.4) is 0 Å².